The van der Waals surface area contributed by atoms with Crippen LogP contribution in [0.25, 0.3) is 0 Å². The lowest BCUT2D eigenvalue weighted by molar-refractivity contribution is 0.406. The Morgan fingerprint density at radius 1 is 1.33 bits per heavy atom. The average Bonchev–Trinajstić information content (AvgIpc) is 2.23. The van der Waals surface area contributed by atoms with Gasteiger partial charge in [0.15, 0.2) is 0 Å². The number of aliphatic hydroxyl groups excluding tert-OH is 1. The fraction of sp³-hybridized carbons (Fsp3) is 0.385. The molecule has 0 fully saturated rings. The van der Waals surface area contributed by atoms with Crippen LogP contribution in [0, 0.1) is 0 Å². The molecule has 0 amide bonds. The molecular weight excluding hydrogens is 186 g/mol. The zero-order valence-corrected chi connectivity index (χ0v) is 9.75. The van der Waals surface area contributed by atoms with Crippen molar-refractivity contribution >= 4 is 0 Å². The van der Waals surface area contributed by atoms with E-state index in [9.17, 15) is 5.11 Å². The quantitative estimate of drug-likeness (QED) is 0.756. The molecule has 0 aromatic heterocycles. The van der Waals surface area contributed by atoms with Crippen molar-refractivity contribution in [2.75, 3.05) is 0 Å². The highest BCUT2D eigenvalue weighted by Gasteiger charge is 2.12. The lowest BCUT2D eigenvalue weighted by Gasteiger charge is -2.26. The van der Waals surface area contributed by atoms with Gasteiger partial charge in [-0.05, 0) is 31.9 Å². The Morgan fingerprint density at radius 2 is 1.93 bits per heavy atom. The topological polar surface area (TPSA) is 23.5 Å². The number of hydrogen-bond donors (Lipinski definition) is 1. The first-order valence-corrected chi connectivity index (χ1v) is 5.35. The van der Waals surface area contributed by atoms with E-state index in [0.717, 1.165) is 18.5 Å². The SMILES string of the molecule is C=C1C=CC(O)=CN1C(C)=C(CC)CC. The summed E-state index contributed by atoms with van der Waals surface area (Å²) < 4.78 is 0. The van der Waals surface area contributed by atoms with Crippen molar-refractivity contribution in [1.29, 1.82) is 0 Å². The second-order valence-electron chi connectivity index (χ2n) is 3.64. The van der Waals surface area contributed by atoms with Gasteiger partial charge in [-0.25, -0.2) is 0 Å². The first kappa shape index (κ1) is 11.6. The number of hydrogen-bond acceptors (Lipinski definition) is 2. The van der Waals surface area contributed by atoms with E-state index in [2.05, 4.69) is 27.4 Å². The van der Waals surface area contributed by atoms with Gasteiger partial charge in [0, 0.05) is 11.4 Å². The first-order chi connectivity index (χ1) is 7.10. The molecule has 0 spiro atoms. The molecule has 1 N–H and O–H groups in total. The molecule has 15 heavy (non-hydrogen) atoms. The molecule has 2 heteroatoms. The molecule has 1 aliphatic heterocycles. The van der Waals surface area contributed by atoms with Gasteiger partial charge in [-0.15, -0.1) is 0 Å². The van der Waals surface area contributed by atoms with Crippen LogP contribution in [-0.4, -0.2) is 10.0 Å². The summed E-state index contributed by atoms with van der Waals surface area (Å²) in [5.74, 6) is 0.272. The molecule has 0 aliphatic carbocycles. The van der Waals surface area contributed by atoms with Gasteiger partial charge in [0.1, 0.15) is 5.76 Å². The van der Waals surface area contributed by atoms with Gasteiger partial charge < -0.3 is 10.0 Å². The maximum absolute atomic E-state index is 9.44. The monoisotopic (exact) mass is 205 g/mol. The van der Waals surface area contributed by atoms with Crippen molar-refractivity contribution in [2.24, 2.45) is 0 Å². The maximum atomic E-state index is 9.44. The molecule has 1 rings (SSSR count). The van der Waals surface area contributed by atoms with Crippen LogP contribution in [0.1, 0.15) is 33.6 Å². The zero-order valence-electron chi connectivity index (χ0n) is 9.75. The lowest BCUT2D eigenvalue weighted by Crippen LogP contribution is -2.17. The Kier molecular flexibility index (Phi) is 3.78. The van der Waals surface area contributed by atoms with Crippen LogP contribution in [0.2, 0.25) is 0 Å². The molecule has 0 aromatic carbocycles. The molecule has 1 aliphatic rings. The minimum atomic E-state index is 0.272. The van der Waals surface area contributed by atoms with Crippen LogP contribution in [0.5, 0.6) is 0 Å². The van der Waals surface area contributed by atoms with Gasteiger partial charge in [-0.3, -0.25) is 0 Å². The summed E-state index contributed by atoms with van der Waals surface area (Å²) in [5.41, 5.74) is 3.45. The molecule has 0 unspecified atom stereocenters. The van der Waals surface area contributed by atoms with Gasteiger partial charge >= 0.3 is 0 Å². The van der Waals surface area contributed by atoms with Crippen LogP contribution >= 0.6 is 0 Å². The van der Waals surface area contributed by atoms with Crippen molar-refractivity contribution < 1.29 is 5.11 Å². The van der Waals surface area contributed by atoms with Crippen molar-refractivity contribution in [3.8, 4) is 0 Å². The fourth-order valence-corrected chi connectivity index (χ4v) is 1.76. The molecule has 0 aromatic rings. The first-order valence-electron chi connectivity index (χ1n) is 5.35. The minimum Gasteiger partial charge on any atom is -0.506 e. The molecule has 1 heterocycles. The third-order valence-electron chi connectivity index (χ3n) is 2.74. The van der Waals surface area contributed by atoms with E-state index in [1.165, 1.54) is 11.3 Å². The molecule has 82 valence electrons. The van der Waals surface area contributed by atoms with Crippen LogP contribution in [0.15, 0.2) is 47.7 Å². The predicted molar refractivity (Wildman–Crippen MR) is 64.1 cm³/mol. The Balaban J connectivity index is 3.02. The number of rotatable bonds is 3. The van der Waals surface area contributed by atoms with Crippen molar-refractivity contribution in [3.05, 3.63) is 47.7 Å². The van der Waals surface area contributed by atoms with Crippen LogP contribution in [0.3, 0.4) is 0 Å². The predicted octanol–water partition coefficient (Wildman–Crippen LogP) is 3.87. The van der Waals surface area contributed by atoms with Crippen molar-refractivity contribution in [1.82, 2.24) is 4.90 Å². The van der Waals surface area contributed by atoms with Gasteiger partial charge in [-0.2, -0.15) is 0 Å². The minimum absolute atomic E-state index is 0.272. The van der Waals surface area contributed by atoms with Gasteiger partial charge in [0.05, 0.1) is 6.20 Å². The van der Waals surface area contributed by atoms with Gasteiger partial charge in [0.25, 0.3) is 0 Å². The Labute approximate surface area is 91.9 Å². The molecule has 0 saturated heterocycles. The maximum Gasteiger partial charge on any atom is 0.132 e. The van der Waals surface area contributed by atoms with Gasteiger partial charge in [0.2, 0.25) is 0 Å². The highest BCUT2D eigenvalue weighted by Crippen LogP contribution is 2.24. The van der Waals surface area contributed by atoms with Gasteiger partial charge in [-0.1, -0.05) is 26.0 Å². The summed E-state index contributed by atoms with van der Waals surface area (Å²) in [6.07, 6.45) is 7.25. The second kappa shape index (κ2) is 4.87. The highest BCUT2D eigenvalue weighted by atomic mass is 16.3. The summed E-state index contributed by atoms with van der Waals surface area (Å²) in [6.45, 7) is 10.3. The van der Waals surface area contributed by atoms with Crippen LogP contribution in [0.4, 0.5) is 0 Å². The third-order valence-corrected chi connectivity index (χ3v) is 2.74. The standard InChI is InChI=1S/C13H19NO/c1-5-12(6-2)11(4)14-9-13(15)8-7-10(14)3/h7-9,15H,3,5-6H2,1-2,4H3. The number of nitrogens with zero attached hydrogens (tertiary/aromatic N) is 1. The Bertz CT molecular complexity index is 342. The third kappa shape index (κ3) is 2.52. The van der Waals surface area contributed by atoms with Crippen LogP contribution in [-0.2, 0) is 0 Å². The lowest BCUT2D eigenvalue weighted by atomic mass is 10.1. The largest absolute Gasteiger partial charge is 0.506 e. The number of aliphatic hydroxyl groups is 1. The van der Waals surface area contributed by atoms with Crippen LogP contribution < -0.4 is 0 Å². The van der Waals surface area contributed by atoms with E-state index in [-0.39, 0.29) is 5.76 Å². The molecule has 0 saturated carbocycles. The van der Waals surface area contributed by atoms with E-state index < -0.39 is 0 Å². The van der Waals surface area contributed by atoms with E-state index in [1.54, 1.807) is 12.3 Å². The fourth-order valence-electron chi connectivity index (χ4n) is 1.76. The summed E-state index contributed by atoms with van der Waals surface area (Å²) in [6, 6.07) is 0. The Morgan fingerprint density at radius 3 is 2.47 bits per heavy atom. The molecule has 2 nitrogen and oxygen atoms in total. The molecule has 0 atom stereocenters. The molecular formula is C13H19NO. The van der Waals surface area contributed by atoms with E-state index >= 15 is 0 Å². The normalized spacial score (nSPS) is 15.3. The van der Waals surface area contributed by atoms with E-state index in [4.69, 9.17) is 0 Å². The zero-order chi connectivity index (χ0) is 11.4. The molecule has 0 radical (unpaired) electrons. The van der Waals surface area contributed by atoms with E-state index in [1.807, 2.05) is 11.0 Å². The second-order valence-corrected chi connectivity index (χ2v) is 3.64. The number of allylic oxidation sites excluding steroid dienone is 4. The summed E-state index contributed by atoms with van der Waals surface area (Å²) in [4.78, 5) is 1.94. The molecule has 0 bridgehead atoms. The summed E-state index contributed by atoms with van der Waals surface area (Å²) in [5, 5.41) is 9.44. The smallest absolute Gasteiger partial charge is 0.132 e. The van der Waals surface area contributed by atoms with E-state index in [0.29, 0.717) is 0 Å². The van der Waals surface area contributed by atoms with Crippen molar-refractivity contribution in [3.63, 3.8) is 0 Å². The highest BCUT2D eigenvalue weighted by molar-refractivity contribution is 5.33. The summed E-state index contributed by atoms with van der Waals surface area (Å²) >= 11 is 0. The van der Waals surface area contributed by atoms with Crippen molar-refractivity contribution in [2.45, 2.75) is 33.6 Å². The Hall–Kier alpha value is -1.44. The average molecular weight is 205 g/mol. The summed E-state index contributed by atoms with van der Waals surface area (Å²) in [7, 11) is 0.